The summed E-state index contributed by atoms with van der Waals surface area (Å²) in [5.74, 6) is -1.40. The summed E-state index contributed by atoms with van der Waals surface area (Å²) in [6.07, 6.45) is 0.840. The molecule has 18 heteroatoms. The van der Waals surface area contributed by atoms with Crippen LogP contribution in [0.3, 0.4) is 0 Å². The van der Waals surface area contributed by atoms with E-state index in [0.29, 0.717) is 17.3 Å². The maximum absolute atomic E-state index is 12.3. The van der Waals surface area contributed by atoms with Gasteiger partial charge in [0, 0.05) is 24.6 Å². The fraction of sp³-hybridized carbons (Fsp3) is 0.280. The molecule has 226 valence electrons. The molecule has 0 spiro atoms. The second kappa shape index (κ2) is 14.6. The number of carbonyl (C=O) groups excluding carboxylic acids is 2. The van der Waals surface area contributed by atoms with E-state index < -0.39 is 41.5 Å². The van der Waals surface area contributed by atoms with Crippen LogP contribution in [0.1, 0.15) is 35.8 Å². The predicted octanol–water partition coefficient (Wildman–Crippen LogP) is -0.0136. The van der Waals surface area contributed by atoms with Crippen molar-refractivity contribution in [3.63, 3.8) is 0 Å². The molecule has 3 heterocycles. The normalized spacial score (nSPS) is 14.7. The Morgan fingerprint density at radius 3 is 2.44 bits per heavy atom. The highest BCUT2D eigenvalue weighted by atomic mass is 32.2. The van der Waals surface area contributed by atoms with Crippen LogP contribution in [-0.4, -0.2) is 87.8 Å². The Morgan fingerprint density at radius 1 is 1.16 bits per heavy atom. The van der Waals surface area contributed by atoms with E-state index >= 15 is 0 Å². The van der Waals surface area contributed by atoms with E-state index in [9.17, 15) is 28.8 Å². The summed E-state index contributed by atoms with van der Waals surface area (Å²) in [4.78, 5) is 83.0. The molecular weight excluding hydrogens is 588 g/mol. The van der Waals surface area contributed by atoms with Gasteiger partial charge in [0.1, 0.15) is 12.1 Å². The SMILES string of the molecule is CC(=O)N1CS[C][C@H]1C(=O)O.Nc1nc2ncc(CNc3ccc(C(=O)N[C@@H](CCC(=O)O)C(=O)O)cc3)nc2c(=O)[nH]1. The number of carboxylic acids is 3. The number of rotatable bonds is 10. The lowest BCUT2D eigenvalue weighted by molar-refractivity contribution is -0.146. The van der Waals surface area contributed by atoms with Crippen molar-refractivity contribution in [1.29, 1.82) is 0 Å². The summed E-state index contributed by atoms with van der Waals surface area (Å²) in [6, 6.07) is 4.00. The zero-order valence-electron chi connectivity index (χ0n) is 22.4. The largest absolute Gasteiger partial charge is 0.481 e. The molecule has 3 aromatic rings. The molecule has 8 N–H and O–H groups in total. The Balaban J connectivity index is 0.000000386. The van der Waals surface area contributed by atoms with E-state index in [1.807, 2.05) is 0 Å². The molecule has 0 unspecified atom stereocenters. The number of hydrogen-bond acceptors (Lipinski definition) is 12. The molecule has 1 aliphatic heterocycles. The highest BCUT2D eigenvalue weighted by Crippen LogP contribution is 2.25. The van der Waals surface area contributed by atoms with Gasteiger partial charge in [-0.2, -0.15) is 4.98 Å². The average molecular weight is 615 g/mol. The van der Waals surface area contributed by atoms with Crippen LogP contribution in [-0.2, 0) is 25.7 Å². The molecule has 0 bridgehead atoms. The van der Waals surface area contributed by atoms with Crippen molar-refractivity contribution < 1.29 is 39.3 Å². The second-order valence-electron chi connectivity index (χ2n) is 8.83. The number of nitrogens with two attached hydrogens (primary N) is 1. The number of nitrogens with zero attached hydrogens (tertiary/aromatic N) is 4. The number of fused-ring (bicyclic) bond motifs is 1. The first-order valence-corrected chi connectivity index (χ1v) is 13.3. The van der Waals surface area contributed by atoms with Crippen LogP contribution in [0.25, 0.3) is 11.2 Å². The lowest BCUT2D eigenvalue weighted by Gasteiger charge is -2.17. The third-order valence-electron chi connectivity index (χ3n) is 5.71. The molecule has 0 aliphatic carbocycles. The topological polar surface area (TPSA) is 271 Å². The van der Waals surface area contributed by atoms with Gasteiger partial charge in [-0.15, -0.1) is 11.8 Å². The number of aromatic amines is 1. The van der Waals surface area contributed by atoms with Gasteiger partial charge in [-0.05, 0) is 30.7 Å². The third-order valence-corrected chi connectivity index (χ3v) is 6.50. The van der Waals surface area contributed by atoms with Crippen molar-refractivity contribution in [2.24, 2.45) is 0 Å². The number of aromatic nitrogens is 4. The molecule has 1 aromatic carbocycles. The van der Waals surface area contributed by atoms with Crippen LogP contribution in [0.15, 0.2) is 35.3 Å². The van der Waals surface area contributed by atoms with Crippen molar-refractivity contribution in [3.05, 3.63) is 57.8 Å². The molecule has 43 heavy (non-hydrogen) atoms. The third kappa shape index (κ3) is 9.12. The minimum atomic E-state index is -1.31. The number of nitrogens with one attached hydrogen (secondary N) is 3. The quantitative estimate of drug-likeness (QED) is 0.158. The van der Waals surface area contributed by atoms with Gasteiger partial charge >= 0.3 is 17.9 Å². The van der Waals surface area contributed by atoms with Crippen molar-refractivity contribution >= 4 is 64.3 Å². The van der Waals surface area contributed by atoms with Gasteiger partial charge in [0.15, 0.2) is 11.2 Å². The first kappa shape index (κ1) is 32.3. The van der Waals surface area contributed by atoms with Crippen LogP contribution < -0.4 is 21.9 Å². The molecule has 2 amide bonds. The summed E-state index contributed by atoms with van der Waals surface area (Å²) in [7, 11) is 0. The molecule has 1 saturated heterocycles. The fourth-order valence-corrected chi connectivity index (χ4v) is 4.47. The van der Waals surface area contributed by atoms with Crippen molar-refractivity contribution in [2.75, 3.05) is 16.9 Å². The van der Waals surface area contributed by atoms with Gasteiger partial charge in [-0.1, -0.05) is 0 Å². The van der Waals surface area contributed by atoms with E-state index in [2.05, 4.69) is 36.3 Å². The van der Waals surface area contributed by atoms with E-state index in [1.165, 1.54) is 41.9 Å². The van der Waals surface area contributed by atoms with E-state index in [4.69, 9.17) is 21.1 Å². The Morgan fingerprint density at radius 2 is 1.86 bits per heavy atom. The number of benzene rings is 1. The molecular formula is C25H26N8O9S. The van der Waals surface area contributed by atoms with Gasteiger partial charge in [0.25, 0.3) is 11.5 Å². The van der Waals surface area contributed by atoms with Gasteiger partial charge in [0.05, 0.1) is 30.1 Å². The minimum absolute atomic E-state index is 0.0524. The number of thioether (sulfide) groups is 1. The Labute approximate surface area is 246 Å². The second-order valence-corrected chi connectivity index (χ2v) is 9.62. The highest BCUT2D eigenvalue weighted by molar-refractivity contribution is 8.01. The van der Waals surface area contributed by atoms with Crippen LogP contribution >= 0.6 is 11.8 Å². The number of anilines is 2. The Kier molecular flexibility index (Phi) is 10.9. The van der Waals surface area contributed by atoms with Gasteiger partial charge < -0.3 is 36.6 Å². The van der Waals surface area contributed by atoms with E-state index in [-0.39, 0.29) is 48.0 Å². The van der Waals surface area contributed by atoms with Crippen LogP contribution in [0.2, 0.25) is 0 Å². The molecule has 4 rings (SSSR count). The van der Waals surface area contributed by atoms with Gasteiger partial charge in [-0.25, -0.2) is 19.6 Å². The lowest BCUT2D eigenvalue weighted by Crippen LogP contribution is -2.41. The molecule has 17 nitrogen and oxygen atoms in total. The van der Waals surface area contributed by atoms with Crippen LogP contribution in [0, 0.1) is 5.75 Å². The summed E-state index contributed by atoms with van der Waals surface area (Å²) in [5.41, 5.74) is 6.47. The minimum Gasteiger partial charge on any atom is -0.481 e. The smallest absolute Gasteiger partial charge is 0.328 e. The molecule has 1 fully saturated rings. The zero-order valence-corrected chi connectivity index (χ0v) is 23.3. The number of carbonyl (C=O) groups is 5. The first-order valence-electron chi connectivity index (χ1n) is 12.3. The number of aliphatic carboxylic acids is 3. The summed E-state index contributed by atoms with van der Waals surface area (Å²) >= 11 is 1.22. The van der Waals surface area contributed by atoms with Crippen molar-refractivity contribution in [3.8, 4) is 0 Å². The van der Waals surface area contributed by atoms with Crippen molar-refractivity contribution in [2.45, 2.75) is 38.4 Å². The molecule has 0 saturated carbocycles. The number of H-pyrrole nitrogens is 1. The monoisotopic (exact) mass is 614 g/mol. The number of nitrogen functional groups attached to an aromatic ring is 1. The molecule has 2 radical (unpaired) electrons. The summed E-state index contributed by atoms with van der Waals surface area (Å²) in [5, 5.41) is 31.8. The predicted molar refractivity (Wildman–Crippen MR) is 152 cm³/mol. The van der Waals surface area contributed by atoms with Crippen molar-refractivity contribution in [1.82, 2.24) is 30.2 Å². The first-order chi connectivity index (χ1) is 20.3. The molecule has 2 atom stereocenters. The number of hydrogen-bond donors (Lipinski definition) is 7. The number of amides is 2. The summed E-state index contributed by atoms with van der Waals surface area (Å²) in [6.45, 7) is 1.58. The van der Waals surface area contributed by atoms with Crippen LogP contribution in [0.5, 0.6) is 0 Å². The van der Waals surface area contributed by atoms with Gasteiger partial charge in [-0.3, -0.25) is 24.2 Å². The standard InChI is InChI=1S/C19H19N7O6.C6H7NO3S/c20-19-25-15-14(17(30)26-19)23-11(8-22-15)7-21-10-3-1-9(2-4-10)16(29)24-12(18(31)32)5-6-13(27)28;1-4(8)7-3-11-2-5(7)6(9)10/h1-4,8,12,21H,5-7H2,(H,24,29)(H,27,28)(H,31,32)(H3,20,22,25,26,30);5H,3H2,1H3,(H,9,10)/t12-;5-/m00/s1. The average Bonchev–Trinajstić information content (AvgIpc) is 3.46. The number of carboxylic acid groups (broad SMARTS) is 3. The molecule has 2 aromatic heterocycles. The zero-order chi connectivity index (χ0) is 31.7. The maximum Gasteiger partial charge on any atom is 0.328 e. The Bertz CT molecular complexity index is 1560. The summed E-state index contributed by atoms with van der Waals surface area (Å²) < 4.78 is 0. The van der Waals surface area contributed by atoms with Crippen LogP contribution in [0.4, 0.5) is 11.6 Å². The van der Waals surface area contributed by atoms with Gasteiger partial charge in [0.2, 0.25) is 11.9 Å². The fourth-order valence-electron chi connectivity index (χ4n) is 3.54. The maximum atomic E-state index is 12.3. The van der Waals surface area contributed by atoms with E-state index in [1.54, 1.807) is 12.1 Å². The molecule has 1 aliphatic rings. The lowest BCUT2D eigenvalue weighted by atomic mass is 10.1. The van der Waals surface area contributed by atoms with E-state index in [0.717, 1.165) is 0 Å². The Hall–Kier alpha value is -5.26. The highest BCUT2D eigenvalue weighted by Gasteiger charge is 2.33.